The second kappa shape index (κ2) is 8.23. The molecule has 1 amide bonds. The molecule has 0 saturated carbocycles. The Balaban J connectivity index is 1.72. The molecular formula is C19H18ClN3OS. The Morgan fingerprint density at radius 1 is 1.20 bits per heavy atom. The number of carbonyl (C=O) groups is 1. The summed E-state index contributed by atoms with van der Waals surface area (Å²) in [6.45, 7) is 1.11. The third-order valence-corrected chi connectivity index (χ3v) is 4.92. The van der Waals surface area contributed by atoms with Crippen LogP contribution in [0, 0.1) is 0 Å². The van der Waals surface area contributed by atoms with Gasteiger partial charge in [0, 0.05) is 23.8 Å². The molecule has 2 aromatic carbocycles. The number of nitrogens with zero attached hydrogens (tertiary/aromatic N) is 2. The highest BCUT2D eigenvalue weighted by atomic mass is 35.5. The van der Waals surface area contributed by atoms with E-state index in [-0.39, 0.29) is 5.91 Å². The lowest BCUT2D eigenvalue weighted by atomic mass is 10.1. The number of benzene rings is 2. The van der Waals surface area contributed by atoms with Crippen molar-refractivity contribution in [1.82, 2.24) is 15.1 Å². The molecule has 3 rings (SSSR count). The van der Waals surface area contributed by atoms with E-state index in [0.717, 1.165) is 16.0 Å². The lowest BCUT2D eigenvalue weighted by molar-refractivity contribution is 0.0951. The molecule has 0 atom stereocenters. The lowest BCUT2D eigenvalue weighted by Gasteiger charge is -2.12. The number of nitrogens with one attached hydrogen (secondary N) is 1. The van der Waals surface area contributed by atoms with Crippen molar-refractivity contribution in [2.45, 2.75) is 18.0 Å². The van der Waals surface area contributed by atoms with Crippen LogP contribution in [-0.2, 0) is 13.1 Å². The Labute approximate surface area is 156 Å². The zero-order valence-corrected chi connectivity index (χ0v) is 15.3. The Kier molecular flexibility index (Phi) is 5.79. The third kappa shape index (κ3) is 4.44. The monoisotopic (exact) mass is 371 g/mol. The highest BCUT2D eigenvalue weighted by molar-refractivity contribution is 7.98. The van der Waals surface area contributed by atoms with Gasteiger partial charge in [-0.3, -0.25) is 9.48 Å². The first kappa shape index (κ1) is 17.6. The van der Waals surface area contributed by atoms with Gasteiger partial charge in [-0.25, -0.2) is 0 Å². The van der Waals surface area contributed by atoms with Crippen molar-refractivity contribution >= 4 is 29.3 Å². The van der Waals surface area contributed by atoms with Gasteiger partial charge in [0.1, 0.15) is 0 Å². The zero-order valence-electron chi connectivity index (χ0n) is 13.8. The van der Waals surface area contributed by atoms with Gasteiger partial charge in [-0.2, -0.15) is 5.10 Å². The molecule has 1 N–H and O–H groups in total. The number of carbonyl (C=O) groups excluding carboxylic acids is 1. The summed E-state index contributed by atoms with van der Waals surface area (Å²) < 4.78 is 1.86. The van der Waals surface area contributed by atoms with Crippen molar-refractivity contribution in [1.29, 1.82) is 0 Å². The summed E-state index contributed by atoms with van der Waals surface area (Å²) in [5.41, 5.74) is 2.68. The Bertz CT molecular complexity index is 865. The number of rotatable bonds is 6. The van der Waals surface area contributed by atoms with Crippen LogP contribution >= 0.6 is 23.4 Å². The van der Waals surface area contributed by atoms with E-state index in [9.17, 15) is 4.79 Å². The van der Waals surface area contributed by atoms with Crippen molar-refractivity contribution in [3.05, 3.63) is 82.6 Å². The van der Waals surface area contributed by atoms with E-state index >= 15 is 0 Å². The maximum absolute atomic E-state index is 12.5. The maximum Gasteiger partial charge on any atom is 0.253 e. The van der Waals surface area contributed by atoms with Crippen LogP contribution in [0.4, 0.5) is 0 Å². The molecule has 1 aromatic heterocycles. The second-order valence-electron chi connectivity index (χ2n) is 5.50. The average molecular weight is 372 g/mol. The minimum atomic E-state index is -0.171. The lowest BCUT2D eigenvalue weighted by Crippen LogP contribution is -2.24. The van der Waals surface area contributed by atoms with E-state index < -0.39 is 0 Å². The molecule has 0 radical (unpaired) electrons. The third-order valence-electron chi connectivity index (χ3n) is 3.87. The number of amides is 1. The number of halogens is 1. The molecular weight excluding hydrogens is 354 g/mol. The molecule has 1 heterocycles. The van der Waals surface area contributed by atoms with Gasteiger partial charge in [-0.15, -0.1) is 11.8 Å². The minimum Gasteiger partial charge on any atom is -0.348 e. The quantitative estimate of drug-likeness (QED) is 0.659. The van der Waals surface area contributed by atoms with E-state index in [1.54, 1.807) is 24.0 Å². The molecule has 25 heavy (non-hydrogen) atoms. The molecule has 4 nitrogen and oxygen atoms in total. The summed E-state index contributed by atoms with van der Waals surface area (Å²) in [5, 5.41) is 7.66. The summed E-state index contributed by atoms with van der Waals surface area (Å²) in [5.74, 6) is -0.171. The number of hydrogen-bond donors (Lipinski definition) is 1. The summed E-state index contributed by atoms with van der Waals surface area (Å²) in [7, 11) is 0. The van der Waals surface area contributed by atoms with Crippen LogP contribution in [-0.4, -0.2) is 21.9 Å². The van der Waals surface area contributed by atoms with Crippen LogP contribution in [0.1, 0.15) is 21.5 Å². The molecule has 0 unspecified atom stereocenters. The maximum atomic E-state index is 12.5. The molecule has 6 heteroatoms. The Morgan fingerprint density at radius 2 is 2.00 bits per heavy atom. The minimum absolute atomic E-state index is 0.171. The molecule has 0 aliphatic carbocycles. The van der Waals surface area contributed by atoms with Gasteiger partial charge in [0.25, 0.3) is 5.91 Å². The molecule has 0 fully saturated rings. The van der Waals surface area contributed by atoms with Gasteiger partial charge >= 0.3 is 0 Å². The largest absolute Gasteiger partial charge is 0.348 e. The van der Waals surface area contributed by atoms with E-state index in [1.165, 1.54) is 0 Å². The van der Waals surface area contributed by atoms with Gasteiger partial charge in [-0.05, 0) is 41.6 Å². The molecule has 0 aliphatic heterocycles. The van der Waals surface area contributed by atoms with Gasteiger partial charge in [-0.1, -0.05) is 35.9 Å². The van der Waals surface area contributed by atoms with E-state index in [1.807, 2.05) is 59.6 Å². The topological polar surface area (TPSA) is 46.9 Å². The Hall–Kier alpha value is -2.24. The summed E-state index contributed by atoms with van der Waals surface area (Å²) in [4.78, 5) is 13.5. The van der Waals surface area contributed by atoms with Crippen LogP contribution < -0.4 is 5.32 Å². The highest BCUT2D eigenvalue weighted by Crippen LogP contribution is 2.23. The normalized spacial score (nSPS) is 10.6. The van der Waals surface area contributed by atoms with Crippen molar-refractivity contribution in [3.8, 4) is 0 Å². The Morgan fingerprint density at radius 3 is 2.72 bits per heavy atom. The van der Waals surface area contributed by atoms with Crippen LogP contribution in [0.3, 0.4) is 0 Å². The summed E-state index contributed by atoms with van der Waals surface area (Å²) in [6.07, 6.45) is 5.64. The summed E-state index contributed by atoms with van der Waals surface area (Å²) >= 11 is 7.75. The SMILES string of the molecule is CSc1ccc(Cl)c(C(=O)NCc2ccccc2Cn2cccn2)c1. The first-order valence-corrected chi connectivity index (χ1v) is 9.43. The van der Waals surface area contributed by atoms with Gasteiger partial charge < -0.3 is 5.32 Å². The predicted molar refractivity (Wildman–Crippen MR) is 102 cm³/mol. The van der Waals surface area contributed by atoms with Gasteiger partial charge in [0.05, 0.1) is 17.1 Å². The fraction of sp³-hybridized carbons (Fsp3) is 0.158. The van der Waals surface area contributed by atoms with E-state index in [0.29, 0.717) is 23.7 Å². The van der Waals surface area contributed by atoms with Gasteiger partial charge in [0.15, 0.2) is 0 Å². The summed E-state index contributed by atoms with van der Waals surface area (Å²) in [6, 6.07) is 15.4. The number of aromatic nitrogens is 2. The molecule has 128 valence electrons. The number of hydrogen-bond acceptors (Lipinski definition) is 3. The van der Waals surface area contributed by atoms with Crippen LogP contribution in [0.5, 0.6) is 0 Å². The number of thioether (sulfide) groups is 1. The molecule has 0 aliphatic rings. The highest BCUT2D eigenvalue weighted by Gasteiger charge is 2.12. The first-order chi connectivity index (χ1) is 12.2. The molecule has 0 bridgehead atoms. The molecule has 0 saturated heterocycles. The standard InChI is InChI=1S/C19H18ClN3OS/c1-25-16-7-8-18(20)17(11-16)19(24)21-12-14-5-2-3-6-15(14)13-23-10-4-9-22-23/h2-11H,12-13H2,1H3,(H,21,24). The van der Waals surface area contributed by atoms with Crippen LogP contribution in [0.2, 0.25) is 5.02 Å². The van der Waals surface area contributed by atoms with Gasteiger partial charge in [0.2, 0.25) is 0 Å². The van der Waals surface area contributed by atoms with Crippen molar-refractivity contribution < 1.29 is 4.79 Å². The second-order valence-corrected chi connectivity index (χ2v) is 6.79. The fourth-order valence-corrected chi connectivity index (χ4v) is 3.17. The zero-order chi connectivity index (χ0) is 17.6. The van der Waals surface area contributed by atoms with Crippen molar-refractivity contribution in [3.63, 3.8) is 0 Å². The van der Waals surface area contributed by atoms with E-state index in [4.69, 9.17) is 11.6 Å². The first-order valence-electron chi connectivity index (χ1n) is 7.83. The van der Waals surface area contributed by atoms with Crippen molar-refractivity contribution in [2.24, 2.45) is 0 Å². The average Bonchev–Trinajstić information content (AvgIpc) is 3.14. The predicted octanol–water partition coefficient (Wildman–Crippen LogP) is 4.24. The fourth-order valence-electron chi connectivity index (χ4n) is 2.53. The van der Waals surface area contributed by atoms with E-state index in [2.05, 4.69) is 10.4 Å². The molecule has 3 aromatic rings. The van der Waals surface area contributed by atoms with Crippen LogP contribution in [0.25, 0.3) is 0 Å². The van der Waals surface area contributed by atoms with Crippen molar-refractivity contribution in [2.75, 3.05) is 6.26 Å². The smallest absolute Gasteiger partial charge is 0.253 e. The van der Waals surface area contributed by atoms with Crippen LogP contribution in [0.15, 0.2) is 65.8 Å². The molecule has 0 spiro atoms.